The molecule has 2 rings (SSSR count). The zero-order valence-corrected chi connectivity index (χ0v) is 12.0. The Morgan fingerprint density at radius 2 is 2.25 bits per heavy atom. The Bertz CT molecular complexity index is 519. The highest BCUT2D eigenvalue weighted by atomic mass is 35.5. The van der Waals surface area contributed by atoms with Crippen LogP contribution in [0.15, 0.2) is 12.4 Å². The van der Waals surface area contributed by atoms with Gasteiger partial charge in [0.25, 0.3) is 0 Å². The first kappa shape index (κ1) is 14.5. The average molecular weight is 297 g/mol. The number of imidazole rings is 1. The fourth-order valence-electron chi connectivity index (χ4n) is 1.56. The van der Waals surface area contributed by atoms with E-state index < -0.39 is 0 Å². The summed E-state index contributed by atoms with van der Waals surface area (Å²) in [4.78, 5) is 19.3. The summed E-state index contributed by atoms with van der Waals surface area (Å²) in [5.74, 6) is 1.39. The number of H-pyrrole nitrogens is 1. The third kappa shape index (κ3) is 4.65. The Balaban J connectivity index is 1.80. The second-order valence-electron chi connectivity index (χ2n) is 4.13. The maximum Gasteiger partial charge on any atom is 0.322 e. The molecule has 108 valence electrons. The predicted octanol–water partition coefficient (Wildman–Crippen LogP) is 2.08. The molecule has 7 nitrogen and oxygen atoms in total. The minimum Gasteiger partial charge on any atom is -0.463 e. The second kappa shape index (κ2) is 7.64. The lowest BCUT2D eigenvalue weighted by Crippen LogP contribution is -2.09. The second-order valence-corrected chi connectivity index (χ2v) is 4.46. The minimum absolute atomic E-state index is 0.125. The van der Waals surface area contributed by atoms with E-state index in [0.29, 0.717) is 19.1 Å². The topological polar surface area (TPSA) is 88.6 Å². The number of hydrogen-bond donors (Lipinski definition) is 2. The number of aromatic nitrogens is 5. The molecule has 0 bridgehead atoms. The number of aryl methyl sites for hydroxylation is 1. The number of halogens is 1. The minimum atomic E-state index is 0.125. The van der Waals surface area contributed by atoms with Crippen LogP contribution in [0.4, 0.5) is 5.95 Å². The molecule has 0 amide bonds. The Hall–Kier alpha value is -1.89. The molecule has 2 aromatic heterocycles. The first-order valence-electron chi connectivity index (χ1n) is 6.54. The van der Waals surface area contributed by atoms with Gasteiger partial charge < -0.3 is 15.0 Å². The van der Waals surface area contributed by atoms with Crippen LogP contribution < -0.4 is 10.1 Å². The van der Waals surface area contributed by atoms with Gasteiger partial charge in [-0.25, -0.2) is 4.98 Å². The number of rotatable bonds is 8. The van der Waals surface area contributed by atoms with Gasteiger partial charge in [-0.2, -0.15) is 15.0 Å². The van der Waals surface area contributed by atoms with Crippen molar-refractivity contribution >= 4 is 17.5 Å². The van der Waals surface area contributed by atoms with E-state index in [0.717, 1.165) is 25.1 Å². The quantitative estimate of drug-likeness (QED) is 0.725. The lowest BCUT2D eigenvalue weighted by Gasteiger charge is -2.06. The molecule has 8 heteroatoms. The zero-order chi connectivity index (χ0) is 14.2. The highest BCUT2D eigenvalue weighted by molar-refractivity contribution is 6.28. The highest BCUT2D eigenvalue weighted by Crippen LogP contribution is 2.11. The Morgan fingerprint density at radius 1 is 1.35 bits per heavy atom. The molecular formula is C12H17ClN6O. The number of ether oxygens (including phenoxy) is 1. The van der Waals surface area contributed by atoms with Crippen LogP contribution in [0.3, 0.4) is 0 Å². The maximum absolute atomic E-state index is 5.83. The van der Waals surface area contributed by atoms with E-state index in [9.17, 15) is 0 Å². The molecule has 20 heavy (non-hydrogen) atoms. The fourth-order valence-corrected chi connectivity index (χ4v) is 1.71. The summed E-state index contributed by atoms with van der Waals surface area (Å²) in [5.41, 5.74) is 0. The summed E-state index contributed by atoms with van der Waals surface area (Å²) in [6.07, 6.45) is 6.20. The van der Waals surface area contributed by atoms with Crippen molar-refractivity contribution in [3.63, 3.8) is 0 Å². The normalized spacial score (nSPS) is 10.5. The third-order valence-electron chi connectivity index (χ3n) is 2.45. The van der Waals surface area contributed by atoms with Gasteiger partial charge >= 0.3 is 6.01 Å². The van der Waals surface area contributed by atoms with Crippen molar-refractivity contribution in [3.05, 3.63) is 23.5 Å². The van der Waals surface area contributed by atoms with E-state index in [4.69, 9.17) is 16.3 Å². The molecular weight excluding hydrogens is 280 g/mol. The van der Waals surface area contributed by atoms with Crippen LogP contribution >= 0.6 is 11.6 Å². The Labute approximate surface area is 122 Å². The van der Waals surface area contributed by atoms with Crippen LogP contribution in [-0.2, 0) is 6.42 Å². The van der Waals surface area contributed by atoms with Crippen molar-refractivity contribution in [2.45, 2.75) is 26.2 Å². The highest BCUT2D eigenvalue weighted by Gasteiger charge is 2.05. The van der Waals surface area contributed by atoms with Crippen molar-refractivity contribution in [3.8, 4) is 6.01 Å². The number of aromatic amines is 1. The van der Waals surface area contributed by atoms with Gasteiger partial charge in [-0.05, 0) is 24.4 Å². The number of anilines is 1. The average Bonchev–Trinajstić information content (AvgIpc) is 2.94. The number of nitrogens with zero attached hydrogens (tertiary/aromatic N) is 4. The first-order valence-corrected chi connectivity index (χ1v) is 6.92. The third-order valence-corrected chi connectivity index (χ3v) is 2.62. The number of nitrogens with one attached hydrogen (secondary N) is 2. The van der Waals surface area contributed by atoms with E-state index in [2.05, 4.69) is 30.2 Å². The van der Waals surface area contributed by atoms with Crippen molar-refractivity contribution in [2.24, 2.45) is 0 Å². The van der Waals surface area contributed by atoms with E-state index >= 15 is 0 Å². The van der Waals surface area contributed by atoms with Crippen molar-refractivity contribution in [2.75, 3.05) is 18.5 Å². The smallest absolute Gasteiger partial charge is 0.322 e. The molecule has 0 spiro atoms. The summed E-state index contributed by atoms with van der Waals surface area (Å²) in [6, 6.07) is 0.250. The lowest BCUT2D eigenvalue weighted by atomic mass is 10.3. The number of hydrogen-bond acceptors (Lipinski definition) is 6. The summed E-state index contributed by atoms with van der Waals surface area (Å²) in [6.45, 7) is 3.28. The molecule has 0 fully saturated rings. The molecule has 0 radical (unpaired) electrons. The zero-order valence-electron chi connectivity index (χ0n) is 11.3. The van der Waals surface area contributed by atoms with Gasteiger partial charge in [-0.15, -0.1) is 0 Å². The SMILES string of the molecule is CCCOc1nc(Cl)nc(NCCCc2ncc[nH]2)n1. The Morgan fingerprint density at radius 3 is 3.00 bits per heavy atom. The first-order chi connectivity index (χ1) is 9.78. The van der Waals surface area contributed by atoms with Crippen LogP contribution in [0, 0.1) is 0 Å². The molecule has 2 N–H and O–H groups in total. The Kier molecular flexibility index (Phi) is 5.55. The van der Waals surface area contributed by atoms with Gasteiger partial charge in [0.05, 0.1) is 6.61 Å². The van der Waals surface area contributed by atoms with Crippen molar-refractivity contribution in [1.29, 1.82) is 0 Å². The maximum atomic E-state index is 5.83. The standard InChI is InChI=1S/C12H17ClN6O/c1-2-8-20-12-18-10(13)17-11(19-12)16-5-3-4-9-14-6-7-15-9/h6-7H,2-5,8H2,1H3,(H,14,15)(H,16,17,18,19). The molecule has 0 saturated carbocycles. The monoisotopic (exact) mass is 296 g/mol. The molecule has 0 aliphatic rings. The van der Waals surface area contributed by atoms with Gasteiger partial charge in [0, 0.05) is 25.4 Å². The largest absolute Gasteiger partial charge is 0.463 e. The molecule has 2 heterocycles. The summed E-state index contributed by atoms with van der Waals surface area (Å²) >= 11 is 5.83. The van der Waals surface area contributed by atoms with Crippen LogP contribution in [0.25, 0.3) is 0 Å². The van der Waals surface area contributed by atoms with Gasteiger partial charge in [-0.1, -0.05) is 6.92 Å². The van der Waals surface area contributed by atoms with Crippen molar-refractivity contribution < 1.29 is 4.74 Å². The molecule has 0 atom stereocenters. The van der Waals surface area contributed by atoms with Crippen LogP contribution in [-0.4, -0.2) is 38.1 Å². The van der Waals surface area contributed by atoms with E-state index in [-0.39, 0.29) is 11.3 Å². The van der Waals surface area contributed by atoms with E-state index in [1.54, 1.807) is 6.20 Å². The molecule has 0 saturated heterocycles. The molecule has 0 aliphatic heterocycles. The van der Waals surface area contributed by atoms with E-state index in [1.807, 2.05) is 13.1 Å². The van der Waals surface area contributed by atoms with Crippen LogP contribution in [0.5, 0.6) is 6.01 Å². The fraction of sp³-hybridized carbons (Fsp3) is 0.500. The summed E-state index contributed by atoms with van der Waals surface area (Å²) in [5, 5.41) is 3.22. The van der Waals surface area contributed by atoms with Gasteiger partial charge in [0.15, 0.2) is 0 Å². The summed E-state index contributed by atoms with van der Waals surface area (Å²) < 4.78 is 5.34. The molecule has 0 aliphatic carbocycles. The van der Waals surface area contributed by atoms with Gasteiger partial charge in [0.2, 0.25) is 11.2 Å². The predicted molar refractivity (Wildman–Crippen MR) is 76.0 cm³/mol. The molecule has 0 aromatic carbocycles. The van der Waals surface area contributed by atoms with Crippen LogP contribution in [0.1, 0.15) is 25.6 Å². The van der Waals surface area contributed by atoms with E-state index in [1.165, 1.54) is 0 Å². The van der Waals surface area contributed by atoms with Crippen LogP contribution in [0.2, 0.25) is 5.28 Å². The molecule has 0 unspecified atom stereocenters. The van der Waals surface area contributed by atoms with Crippen molar-refractivity contribution in [1.82, 2.24) is 24.9 Å². The molecule has 2 aromatic rings. The lowest BCUT2D eigenvalue weighted by molar-refractivity contribution is 0.291. The van der Waals surface area contributed by atoms with Gasteiger partial charge in [0.1, 0.15) is 5.82 Å². The summed E-state index contributed by atoms with van der Waals surface area (Å²) in [7, 11) is 0. The van der Waals surface area contributed by atoms with Gasteiger partial charge in [-0.3, -0.25) is 0 Å².